The fraction of sp³-hybridized carbons (Fsp3) is 0.553. The maximum absolute atomic E-state index is 14.0. The van der Waals surface area contributed by atoms with Crippen molar-refractivity contribution in [3.63, 3.8) is 0 Å². The highest BCUT2D eigenvalue weighted by atomic mass is 32.2. The van der Waals surface area contributed by atoms with Crippen LogP contribution in [0.3, 0.4) is 0 Å². The molecule has 0 bridgehead atoms. The van der Waals surface area contributed by atoms with E-state index in [1.807, 2.05) is 24.3 Å². The van der Waals surface area contributed by atoms with Gasteiger partial charge in [-0.3, -0.25) is 19.6 Å². The summed E-state index contributed by atoms with van der Waals surface area (Å²) in [6.07, 6.45) is 3.24. The summed E-state index contributed by atoms with van der Waals surface area (Å²) in [5.41, 5.74) is 31.8. The van der Waals surface area contributed by atoms with Crippen LogP contribution in [-0.4, -0.2) is 67.3 Å². The van der Waals surface area contributed by atoms with Gasteiger partial charge in [0.1, 0.15) is 0 Å². The summed E-state index contributed by atoms with van der Waals surface area (Å²) in [6.45, 7) is 16.0. The van der Waals surface area contributed by atoms with Gasteiger partial charge in [0, 0.05) is 50.5 Å². The Morgan fingerprint density at radius 2 is 0.981 bits per heavy atom. The Hall–Kier alpha value is -3.99. The van der Waals surface area contributed by atoms with Gasteiger partial charge in [0.2, 0.25) is 11.8 Å². The number of unbranched alkanes of at least 4 members (excludes halogenated alkanes) is 2. The number of rotatable bonds is 20. The molecule has 300 valence electrons. The Morgan fingerprint density at radius 3 is 1.31 bits per heavy atom. The van der Waals surface area contributed by atoms with Crippen molar-refractivity contribution in [3.05, 3.63) is 35.4 Å². The van der Waals surface area contributed by atoms with E-state index in [2.05, 4.69) is 72.8 Å². The third-order valence-electron chi connectivity index (χ3n) is 7.96. The van der Waals surface area contributed by atoms with Gasteiger partial charge in [0.15, 0.2) is 5.96 Å². The zero-order valence-corrected chi connectivity index (χ0v) is 34.8. The highest BCUT2D eigenvalue weighted by molar-refractivity contribution is 7.99. The summed E-state index contributed by atoms with van der Waals surface area (Å²) in [6, 6.07) is 7.31. The number of urea groups is 1. The van der Waals surface area contributed by atoms with Crippen LogP contribution >= 0.6 is 23.5 Å². The van der Waals surface area contributed by atoms with Crippen LogP contribution in [-0.2, 0) is 20.4 Å². The smallest absolute Gasteiger partial charge is 0.323 e. The van der Waals surface area contributed by atoms with Crippen molar-refractivity contribution in [2.24, 2.45) is 38.7 Å². The average molecular weight is 786 g/mol. The van der Waals surface area contributed by atoms with E-state index >= 15 is 0 Å². The maximum Gasteiger partial charge on any atom is 0.323 e. The lowest BCUT2D eigenvalue weighted by molar-refractivity contribution is -0.117. The molecule has 0 aromatic heterocycles. The van der Waals surface area contributed by atoms with Crippen LogP contribution in [0.1, 0.15) is 98.1 Å². The van der Waals surface area contributed by atoms with Crippen molar-refractivity contribution in [1.29, 1.82) is 0 Å². The van der Waals surface area contributed by atoms with Crippen LogP contribution in [0.15, 0.2) is 44.0 Å². The number of anilines is 4. The van der Waals surface area contributed by atoms with Crippen molar-refractivity contribution in [1.82, 2.24) is 0 Å². The summed E-state index contributed by atoms with van der Waals surface area (Å²) in [7, 11) is 0. The maximum atomic E-state index is 14.0. The second kappa shape index (κ2) is 22.4. The second-order valence-corrected chi connectivity index (χ2v) is 17.2. The van der Waals surface area contributed by atoms with Gasteiger partial charge in [-0.2, -0.15) is 0 Å². The predicted molar refractivity (Wildman–Crippen MR) is 230 cm³/mol. The summed E-state index contributed by atoms with van der Waals surface area (Å²) in [5, 5.41) is 12.3. The number of amidine groups is 1. The van der Waals surface area contributed by atoms with E-state index in [9.17, 15) is 14.4 Å². The van der Waals surface area contributed by atoms with Gasteiger partial charge < -0.3 is 49.9 Å². The van der Waals surface area contributed by atoms with Crippen LogP contribution in [0.5, 0.6) is 0 Å². The number of aliphatic imine (C=N–C) groups is 2. The van der Waals surface area contributed by atoms with E-state index < -0.39 is 6.03 Å². The first kappa shape index (κ1) is 46.2. The van der Waals surface area contributed by atoms with Crippen molar-refractivity contribution >= 4 is 75.9 Å². The molecule has 4 amide bonds. The number of amides is 4. The molecule has 14 N–H and O–H groups in total. The molecular formula is C38H63N11O3S2. The number of nitrogens with one attached hydrogen (secondary N) is 4. The number of nitrogens with two attached hydrogens (primary N) is 5. The van der Waals surface area contributed by atoms with Gasteiger partial charge in [0.25, 0.3) is 0 Å². The molecule has 0 aliphatic rings. The van der Waals surface area contributed by atoms with Crippen LogP contribution in [0, 0.1) is 0 Å². The Balaban J connectivity index is 2.51. The molecule has 0 saturated heterocycles. The van der Waals surface area contributed by atoms with Crippen LogP contribution in [0.4, 0.5) is 27.5 Å². The Labute approximate surface area is 329 Å². The lowest BCUT2D eigenvalue weighted by Crippen LogP contribution is -2.23. The molecule has 0 unspecified atom stereocenters. The van der Waals surface area contributed by atoms with E-state index in [0.717, 1.165) is 17.5 Å². The fourth-order valence-corrected chi connectivity index (χ4v) is 6.79. The van der Waals surface area contributed by atoms with E-state index in [1.165, 1.54) is 23.5 Å². The Kier molecular flexibility index (Phi) is 19.2. The van der Waals surface area contributed by atoms with Crippen LogP contribution < -0.4 is 49.9 Å². The molecule has 54 heavy (non-hydrogen) atoms. The second-order valence-electron chi connectivity index (χ2n) is 15.0. The summed E-state index contributed by atoms with van der Waals surface area (Å²) in [5.74, 6) is 1.37. The fourth-order valence-electron chi connectivity index (χ4n) is 5.09. The van der Waals surface area contributed by atoms with Gasteiger partial charge >= 0.3 is 6.03 Å². The van der Waals surface area contributed by atoms with E-state index in [4.69, 9.17) is 28.7 Å². The van der Waals surface area contributed by atoms with E-state index in [1.54, 1.807) is 6.92 Å². The summed E-state index contributed by atoms with van der Waals surface area (Å²) >= 11 is 2.91. The molecule has 0 radical (unpaired) electrons. The average Bonchev–Trinajstić information content (AvgIpc) is 3.05. The van der Waals surface area contributed by atoms with E-state index in [0.29, 0.717) is 102 Å². The molecule has 14 nitrogen and oxygen atoms in total. The number of guanidine groups is 1. The lowest BCUT2D eigenvalue weighted by atomic mass is 9.86. The minimum absolute atomic E-state index is 0.0235. The highest BCUT2D eigenvalue weighted by Crippen LogP contribution is 2.41. The van der Waals surface area contributed by atoms with Crippen molar-refractivity contribution in [2.75, 3.05) is 59.0 Å². The Bertz CT molecular complexity index is 1510. The molecule has 0 saturated carbocycles. The number of hydrogen-bond acceptors (Lipinski definition) is 9. The predicted octanol–water partition coefficient (Wildman–Crippen LogP) is 5.90. The Morgan fingerprint density at radius 1 is 0.611 bits per heavy atom. The number of nitrogens with zero attached hydrogens (tertiary/aromatic N) is 2. The van der Waals surface area contributed by atoms with Gasteiger partial charge in [-0.25, -0.2) is 4.79 Å². The molecular weight excluding hydrogens is 723 g/mol. The van der Waals surface area contributed by atoms with Crippen LogP contribution in [0.2, 0.25) is 0 Å². The standard InChI is InChI=1S/C38H63N11O3S2/c1-24(41)44-16-10-8-12-31(50)46-27-20-25(37(2,3)4)22-29(33(27)53-18-14-39)48-36(52)49-30-23-26(38(5,6)7)21-28(34(30)54-19-15-40)47-32(51)13-9-11-17-45-35(42)43/h20-23H,8-19,39-40H2,1-7H3,(H2,41,44)(H,46,50)(H,47,51)(H4,42,43,45)(H2,48,49,52). The summed E-state index contributed by atoms with van der Waals surface area (Å²) in [4.78, 5) is 49.9. The quantitative estimate of drug-likeness (QED) is 0.0333. The first-order chi connectivity index (χ1) is 25.3. The van der Waals surface area contributed by atoms with E-state index in [-0.39, 0.29) is 35.0 Å². The van der Waals surface area contributed by atoms with Gasteiger partial charge in [-0.05, 0) is 78.8 Å². The molecule has 2 rings (SSSR count). The number of carbonyl (C=O) groups is 3. The molecule has 0 aliphatic heterocycles. The van der Waals surface area contributed by atoms with Crippen LogP contribution in [0.25, 0.3) is 0 Å². The van der Waals surface area contributed by atoms with Crippen molar-refractivity contribution in [2.45, 2.75) is 108 Å². The van der Waals surface area contributed by atoms with Gasteiger partial charge in [0.05, 0.1) is 38.4 Å². The minimum atomic E-state index is -0.485. The molecule has 16 heteroatoms. The SMILES string of the molecule is CC(N)=NCCCCC(=O)Nc1cc(C(C)(C)C)cc(NC(=O)Nc2cc(C(C)(C)C)cc(NC(=O)CCCCN=C(N)N)c2SCCN)c1SCCN. The normalized spacial score (nSPS) is 11.9. The number of hydrogen-bond donors (Lipinski definition) is 9. The molecule has 0 heterocycles. The third kappa shape index (κ3) is 16.6. The zero-order chi connectivity index (χ0) is 40.5. The molecule has 0 spiro atoms. The molecule has 2 aromatic rings. The molecule has 0 fully saturated rings. The summed E-state index contributed by atoms with van der Waals surface area (Å²) < 4.78 is 0. The molecule has 2 aromatic carbocycles. The first-order valence-electron chi connectivity index (χ1n) is 18.4. The molecule has 0 atom stereocenters. The number of carbonyl (C=O) groups excluding carboxylic acids is 3. The first-order valence-corrected chi connectivity index (χ1v) is 20.3. The monoisotopic (exact) mass is 785 g/mol. The largest absolute Gasteiger partial charge is 0.388 e. The number of benzene rings is 2. The third-order valence-corrected chi connectivity index (χ3v) is 10.3. The topological polar surface area (TPSA) is 254 Å². The lowest BCUT2D eigenvalue weighted by Gasteiger charge is -2.26. The van der Waals surface area contributed by atoms with Crippen molar-refractivity contribution < 1.29 is 14.4 Å². The zero-order valence-electron chi connectivity index (χ0n) is 33.1. The molecule has 0 aliphatic carbocycles. The highest BCUT2D eigenvalue weighted by Gasteiger charge is 2.24. The number of thioether (sulfide) groups is 2. The minimum Gasteiger partial charge on any atom is -0.388 e. The van der Waals surface area contributed by atoms with Gasteiger partial charge in [-0.15, -0.1) is 23.5 Å². The van der Waals surface area contributed by atoms with Gasteiger partial charge in [-0.1, -0.05) is 41.5 Å². The van der Waals surface area contributed by atoms with Crippen molar-refractivity contribution in [3.8, 4) is 0 Å².